The van der Waals surface area contributed by atoms with Gasteiger partial charge in [-0.1, -0.05) is 60.7 Å². The number of halogens is 1. The van der Waals surface area contributed by atoms with Gasteiger partial charge >= 0.3 is 0 Å². The molecular formula is C20H22ClNO3. The van der Waals surface area contributed by atoms with Gasteiger partial charge in [0.2, 0.25) is 11.1 Å². The number of benzene rings is 2. The topological polar surface area (TPSA) is 63.2 Å². The summed E-state index contributed by atoms with van der Waals surface area (Å²) >= 11 is 5.19. The minimum absolute atomic E-state index is 0.0825. The van der Waals surface area contributed by atoms with Crippen LogP contribution in [0, 0.1) is 0 Å². The van der Waals surface area contributed by atoms with Crippen molar-refractivity contribution in [2.45, 2.75) is 25.7 Å². The van der Waals surface area contributed by atoms with Crippen LogP contribution >= 0.6 is 11.6 Å². The van der Waals surface area contributed by atoms with Gasteiger partial charge in [0.15, 0.2) is 0 Å². The molecule has 0 fully saturated rings. The Morgan fingerprint density at radius 2 is 1.32 bits per heavy atom. The zero-order chi connectivity index (χ0) is 18.3. The number of hydrogen-bond donors (Lipinski definition) is 1. The number of hydrogen-bond acceptors (Lipinski definition) is 3. The van der Waals surface area contributed by atoms with Gasteiger partial charge in [-0.05, 0) is 35.6 Å². The molecule has 5 heteroatoms. The van der Waals surface area contributed by atoms with Crippen LogP contribution in [0.25, 0.3) is 0 Å². The predicted molar refractivity (Wildman–Crippen MR) is 99.5 cm³/mol. The largest absolute Gasteiger partial charge is 0.349 e. The first-order valence-electron chi connectivity index (χ1n) is 8.08. The maximum Gasteiger partial charge on any atom is 0.221 e. The molecule has 2 rings (SSSR count). The molecule has 0 atom stereocenters. The summed E-state index contributed by atoms with van der Waals surface area (Å²) in [5.74, 6) is -0.0825. The average Bonchev–Trinajstić information content (AvgIpc) is 2.65. The molecule has 1 amide bonds. The Balaban J connectivity index is 0.000000257. The zero-order valence-corrected chi connectivity index (χ0v) is 14.7. The number of carbonyl (C=O) groups is 3. The molecule has 132 valence electrons. The molecule has 0 unspecified atom stereocenters. The smallest absolute Gasteiger partial charge is 0.221 e. The highest BCUT2D eigenvalue weighted by Crippen LogP contribution is 2.03. The number of aryl methyl sites for hydroxylation is 2. The molecule has 4 nitrogen and oxygen atoms in total. The minimum Gasteiger partial charge on any atom is -0.349 e. The van der Waals surface area contributed by atoms with Crippen LogP contribution in [-0.4, -0.2) is 24.0 Å². The molecule has 0 heterocycles. The summed E-state index contributed by atoms with van der Waals surface area (Å²) in [6.45, 7) is 0.105. The third-order valence-corrected chi connectivity index (χ3v) is 3.51. The Hall–Kier alpha value is -2.46. The molecule has 2 aromatic carbocycles. The van der Waals surface area contributed by atoms with Crippen molar-refractivity contribution in [2.24, 2.45) is 0 Å². The standard InChI is InChI=1S/C11H13NO2.C9H9ClO/c13-9-8-12-11(14)7-6-10-4-2-1-3-5-10;10-9(11)7-6-8-4-2-1-3-5-8/h1-5,9H,6-8H2,(H,12,14);1-5H,6-7H2. The van der Waals surface area contributed by atoms with E-state index in [9.17, 15) is 14.4 Å². The summed E-state index contributed by atoms with van der Waals surface area (Å²) in [5.41, 5.74) is 2.29. The van der Waals surface area contributed by atoms with Crippen molar-refractivity contribution in [1.29, 1.82) is 0 Å². The minimum atomic E-state index is -0.270. The Morgan fingerprint density at radius 1 is 0.840 bits per heavy atom. The van der Waals surface area contributed by atoms with Crippen molar-refractivity contribution in [3.8, 4) is 0 Å². The fourth-order valence-corrected chi connectivity index (χ4v) is 2.13. The van der Waals surface area contributed by atoms with Crippen molar-refractivity contribution >= 4 is 29.0 Å². The van der Waals surface area contributed by atoms with E-state index >= 15 is 0 Å². The summed E-state index contributed by atoms with van der Waals surface area (Å²) < 4.78 is 0. The lowest BCUT2D eigenvalue weighted by molar-refractivity contribution is -0.122. The molecule has 0 saturated heterocycles. The summed E-state index contributed by atoms with van der Waals surface area (Å²) in [7, 11) is 0. The van der Waals surface area contributed by atoms with E-state index in [1.54, 1.807) is 0 Å². The first-order chi connectivity index (χ1) is 12.1. The van der Waals surface area contributed by atoms with E-state index in [2.05, 4.69) is 5.32 Å². The van der Waals surface area contributed by atoms with Gasteiger partial charge in [0, 0.05) is 12.8 Å². The third-order valence-electron chi connectivity index (χ3n) is 3.32. The summed E-state index contributed by atoms with van der Waals surface area (Å²) in [5, 5.41) is 2.23. The van der Waals surface area contributed by atoms with E-state index < -0.39 is 0 Å². The molecule has 0 aliphatic carbocycles. The third kappa shape index (κ3) is 10.8. The molecule has 0 aliphatic heterocycles. The average molecular weight is 360 g/mol. The molecule has 25 heavy (non-hydrogen) atoms. The Morgan fingerprint density at radius 3 is 1.76 bits per heavy atom. The molecule has 0 aliphatic rings. The molecular weight excluding hydrogens is 338 g/mol. The maximum absolute atomic E-state index is 11.1. The number of carbonyl (C=O) groups excluding carboxylic acids is 3. The summed E-state index contributed by atoms with van der Waals surface area (Å²) in [6.07, 6.45) is 2.98. The second kappa shape index (κ2) is 12.9. The van der Waals surface area contributed by atoms with E-state index in [4.69, 9.17) is 11.6 Å². The Labute approximate surface area is 153 Å². The van der Waals surface area contributed by atoms with E-state index in [1.807, 2.05) is 60.7 Å². The van der Waals surface area contributed by atoms with Crippen LogP contribution in [0.3, 0.4) is 0 Å². The maximum atomic E-state index is 11.1. The van der Waals surface area contributed by atoms with Crippen molar-refractivity contribution in [3.63, 3.8) is 0 Å². The van der Waals surface area contributed by atoms with Gasteiger partial charge < -0.3 is 10.1 Å². The highest BCUT2D eigenvalue weighted by molar-refractivity contribution is 6.63. The van der Waals surface area contributed by atoms with Crippen LogP contribution < -0.4 is 5.32 Å². The van der Waals surface area contributed by atoms with Gasteiger partial charge in [0.1, 0.15) is 6.29 Å². The zero-order valence-electron chi connectivity index (χ0n) is 14.0. The quantitative estimate of drug-likeness (QED) is 0.581. The first kappa shape index (κ1) is 20.6. The van der Waals surface area contributed by atoms with Crippen molar-refractivity contribution in [1.82, 2.24) is 5.32 Å². The lowest BCUT2D eigenvalue weighted by Crippen LogP contribution is -2.25. The molecule has 1 N–H and O–H groups in total. The van der Waals surface area contributed by atoms with Gasteiger partial charge in [-0.3, -0.25) is 9.59 Å². The van der Waals surface area contributed by atoms with Gasteiger partial charge in [-0.15, -0.1) is 0 Å². The van der Waals surface area contributed by atoms with Gasteiger partial charge in [-0.2, -0.15) is 0 Å². The van der Waals surface area contributed by atoms with Crippen LogP contribution in [0.5, 0.6) is 0 Å². The monoisotopic (exact) mass is 359 g/mol. The number of aldehydes is 1. The van der Waals surface area contributed by atoms with E-state index in [0.29, 0.717) is 25.5 Å². The number of rotatable bonds is 8. The van der Waals surface area contributed by atoms with Crippen LogP contribution in [0.1, 0.15) is 24.0 Å². The van der Waals surface area contributed by atoms with Crippen molar-refractivity contribution in [3.05, 3.63) is 71.8 Å². The molecule has 0 saturated carbocycles. The molecule has 0 radical (unpaired) electrons. The molecule has 0 bridgehead atoms. The first-order valence-corrected chi connectivity index (χ1v) is 8.46. The molecule has 0 spiro atoms. The molecule has 2 aromatic rings. The number of amides is 1. The van der Waals surface area contributed by atoms with Crippen molar-refractivity contribution in [2.75, 3.05) is 6.54 Å². The summed E-state index contributed by atoms with van der Waals surface area (Å²) in [6, 6.07) is 19.6. The Bertz CT molecular complexity index is 645. The second-order valence-corrected chi connectivity index (χ2v) is 5.72. The highest BCUT2D eigenvalue weighted by atomic mass is 35.5. The van der Waals surface area contributed by atoms with Crippen LogP contribution in [0.4, 0.5) is 0 Å². The fraction of sp³-hybridized carbons (Fsp3) is 0.250. The van der Waals surface area contributed by atoms with Crippen molar-refractivity contribution < 1.29 is 14.4 Å². The molecule has 0 aromatic heterocycles. The SMILES string of the molecule is O=C(Cl)CCc1ccccc1.O=CCNC(=O)CCc1ccccc1. The Kier molecular flexibility index (Phi) is 10.6. The second-order valence-electron chi connectivity index (χ2n) is 5.30. The summed E-state index contributed by atoms with van der Waals surface area (Å²) in [4.78, 5) is 31.5. The van der Waals surface area contributed by atoms with Crippen LogP contribution in [0.15, 0.2) is 60.7 Å². The lowest BCUT2D eigenvalue weighted by atomic mass is 10.1. The van der Waals surface area contributed by atoms with Crippen LogP contribution in [0.2, 0.25) is 0 Å². The predicted octanol–water partition coefficient (Wildman–Crippen LogP) is 3.32. The van der Waals surface area contributed by atoms with Crippen LogP contribution in [-0.2, 0) is 27.2 Å². The highest BCUT2D eigenvalue weighted by Gasteiger charge is 2.00. The van der Waals surface area contributed by atoms with Gasteiger partial charge in [0.25, 0.3) is 0 Å². The van der Waals surface area contributed by atoms with E-state index in [-0.39, 0.29) is 17.7 Å². The van der Waals surface area contributed by atoms with E-state index in [1.165, 1.54) is 0 Å². The number of nitrogens with one attached hydrogen (secondary N) is 1. The van der Waals surface area contributed by atoms with Gasteiger partial charge in [-0.25, -0.2) is 0 Å². The van der Waals surface area contributed by atoms with E-state index in [0.717, 1.165) is 17.5 Å². The lowest BCUT2D eigenvalue weighted by Gasteiger charge is -2.01. The fourth-order valence-electron chi connectivity index (χ4n) is 2.03. The normalized spacial score (nSPS) is 9.48. The van der Waals surface area contributed by atoms with Gasteiger partial charge in [0.05, 0.1) is 6.54 Å².